The average Bonchev–Trinajstić information content (AvgIpc) is 2.53. The summed E-state index contributed by atoms with van der Waals surface area (Å²) in [5, 5.41) is 2.80. The van der Waals surface area contributed by atoms with Gasteiger partial charge in [0.2, 0.25) is 0 Å². The van der Waals surface area contributed by atoms with Crippen LogP contribution in [0.4, 0.5) is 0 Å². The second kappa shape index (κ2) is 11.8. The van der Waals surface area contributed by atoms with Gasteiger partial charge in [-0.05, 0) is 19.1 Å². The lowest BCUT2D eigenvalue weighted by Crippen LogP contribution is -2.27. The molecule has 0 saturated carbocycles. The molecule has 0 heterocycles. The molecule has 5 heteroatoms. The third-order valence-corrected chi connectivity index (χ3v) is 2.78. The highest BCUT2D eigenvalue weighted by Gasteiger charge is 2.03. The molecule has 1 aromatic carbocycles. The highest BCUT2D eigenvalue weighted by atomic mass is 16.5. The Bertz CT molecular complexity index is 465. The first-order chi connectivity index (χ1) is 10.7. The van der Waals surface area contributed by atoms with E-state index in [-0.39, 0.29) is 5.91 Å². The van der Waals surface area contributed by atoms with Crippen LogP contribution < -0.4 is 5.32 Å². The maximum Gasteiger partial charge on any atom is 0.251 e. The van der Waals surface area contributed by atoms with E-state index in [1.165, 1.54) is 0 Å². The van der Waals surface area contributed by atoms with Crippen molar-refractivity contribution in [1.29, 1.82) is 0 Å². The molecule has 0 atom stereocenters. The summed E-state index contributed by atoms with van der Waals surface area (Å²) in [6.07, 6.45) is 5.04. The van der Waals surface area contributed by atoms with Gasteiger partial charge < -0.3 is 19.5 Å². The Morgan fingerprint density at radius 2 is 1.64 bits per heavy atom. The summed E-state index contributed by atoms with van der Waals surface area (Å²) in [5.74, 6) is 2.29. The second-order valence-corrected chi connectivity index (χ2v) is 4.60. The minimum absolute atomic E-state index is 0.0921. The molecule has 0 aliphatic rings. The molecule has 0 unspecified atom stereocenters. The number of rotatable bonds is 11. The Kier molecular flexibility index (Phi) is 9.71. The number of amides is 1. The fourth-order valence-electron chi connectivity index (χ4n) is 1.61. The summed E-state index contributed by atoms with van der Waals surface area (Å²) in [7, 11) is 0. The molecule has 0 aliphatic carbocycles. The lowest BCUT2D eigenvalue weighted by atomic mass is 10.1. The van der Waals surface area contributed by atoms with E-state index in [9.17, 15) is 4.79 Å². The monoisotopic (exact) mass is 305 g/mol. The van der Waals surface area contributed by atoms with E-state index in [0.717, 1.165) is 5.56 Å². The quantitative estimate of drug-likeness (QED) is 0.496. The van der Waals surface area contributed by atoms with Crippen molar-refractivity contribution in [3.63, 3.8) is 0 Å². The van der Waals surface area contributed by atoms with E-state index in [1.807, 2.05) is 31.2 Å². The predicted octanol–water partition coefficient (Wildman–Crippen LogP) is 1.41. The molecule has 1 amide bonds. The van der Waals surface area contributed by atoms with Crippen molar-refractivity contribution in [1.82, 2.24) is 5.32 Å². The van der Waals surface area contributed by atoms with Gasteiger partial charge in [-0.15, -0.1) is 6.42 Å². The number of nitrogens with one attached hydrogen (secondary N) is 1. The molecule has 1 aromatic rings. The van der Waals surface area contributed by atoms with Crippen molar-refractivity contribution < 1.29 is 19.0 Å². The first kappa shape index (κ1) is 18.2. The zero-order valence-electron chi connectivity index (χ0n) is 13.0. The number of benzene rings is 1. The van der Waals surface area contributed by atoms with E-state index in [0.29, 0.717) is 51.7 Å². The van der Waals surface area contributed by atoms with Gasteiger partial charge in [-0.1, -0.05) is 23.6 Å². The van der Waals surface area contributed by atoms with E-state index < -0.39 is 0 Å². The van der Waals surface area contributed by atoms with Gasteiger partial charge in [-0.3, -0.25) is 4.79 Å². The third kappa shape index (κ3) is 8.42. The van der Waals surface area contributed by atoms with Gasteiger partial charge in [0, 0.05) is 12.1 Å². The molecule has 0 spiro atoms. The van der Waals surface area contributed by atoms with Crippen LogP contribution >= 0.6 is 0 Å². The van der Waals surface area contributed by atoms with Crippen molar-refractivity contribution in [3.8, 4) is 12.3 Å². The summed E-state index contributed by atoms with van der Waals surface area (Å²) in [6.45, 7) is 5.17. The van der Waals surface area contributed by atoms with E-state index in [1.54, 1.807) is 0 Å². The highest BCUT2D eigenvalue weighted by molar-refractivity contribution is 5.94. The van der Waals surface area contributed by atoms with Crippen molar-refractivity contribution in [3.05, 3.63) is 35.4 Å². The zero-order valence-corrected chi connectivity index (χ0v) is 13.0. The summed E-state index contributed by atoms with van der Waals surface area (Å²) < 4.78 is 15.7. The van der Waals surface area contributed by atoms with Crippen molar-refractivity contribution in [2.75, 3.05) is 46.2 Å². The molecule has 120 valence electrons. The number of terminal acetylenes is 1. The van der Waals surface area contributed by atoms with Gasteiger partial charge in [0.25, 0.3) is 5.91 Å². The first-order valence-electron chi connectivity index (χ1n) is 7.25. The number of carbonyl (C=O) groups excluding carboxylic acids is 1. The summed E-state index contributed by atoms with van der Waals surface area (Å²) in [4.78, 5) is 11.8. The molecular formula is C17H23NO4. The molecule has 1 N–H and O–H groups in total. The summed E-state index contributed by atoms with van der Waals surface area (Å²) in [6, 6.07) is 7.44. The number of hydrogen-bond donors (Lipinski definition) is 1. The molecule has 0 bridgehead atoms. The molecule has 1 rings (SSSR count). The van der Waals surface area contributed by atoms with Crippen LogP contribution in [0.15, 0.2) is 24.3 Å². The zero-order chi connectivity index (χ0) is 16.0. The van der Waals surface area contributed by atoms with Gasteiger partial charge in [0.05, 0.1) is 33.0 Å². The standard InChI is InChI=1S/C17H23NO4/c1-3-9-20-11-13-22-14-12-21-10-8-18-17(19)16-6-4-15(2)5-7-16/h1,4-7H,8-14H2,2H3,(H,18,19). The smallest absolute Gasteiger partial charge is 0.251 e. The Morgan fingerprint density at radius 3 is 2.27 bits per heavy atom. The van der Waals surface area contributed by atoms with Crippen LogP contribution in [0, 0.1) is 19.3 Å². The Hall–Kier alpha value is -1.87. The van der Waals surface area contributed by atoms with Gasteiger partial charge in [0.1, 0.15) is 6.61 Å². The topological polar surface area (TPSA) is 56.8 Å². The van der Waals surface area contributed by atoms with Crippen LogP contribution in [0.3, 0.4) is 0 Å². The van der Waals surface area contributed by atoms with Crippen LogP contribution in [0.2, 0.25) is 0 Å². The molecular weight excluding hydrogens is 282 g/mol. The Labute approximate surface area is 131 Å². The molecule has 0 aromatic heterocycles. The largest absolute Gasteiger partial charge is 0.377 e. The van der Waals surface area contributed by atoms with Crippen LogP contribution in [-0.2, 0) is 14.2 Å². The number of aryl methyl sites for hydroxylation is 1. The first-order valence-corrected chi connectivity index (χ1v) is 7.25. The number of hydrogen-bond acceptors (Lipinski definition) is 4. The van der Waals surface area contributed by atoms with Gasteiger partial charge >= 0.3 is 0 Å². The van der Waals surface area contributed by atoms with Gasteiger partial charge in [0.15, 0.2) is 0 Å². The number of carbonyl (C=O) groups is 1. The van der Waals surface area contributed by atoms with E-state index >= 15 is 0 Å². The predicted molar refractivity (Wildman–Crippen MR) is 84.8 cm³/mol. The van der Waals surface area contributed by atoms with Crippen LogP contribution in [-0.4, -0.2) is 52.1 Å². The normalized spacial score (nSPS) is 10.2. The van der Waals surface area contributed by atoms with Crippen molar-refractivity contribution >= 4 is 5.91 Å². The maximum atomic E-state index is 11.8. The van der Waals surface area contributed by atoms with E-state index in [2.05, 4.69) is 11.2 Å². The minimum atomic E-state index is -0.0921. The highest BCUT2D eigenvalue weighted by Crippen LogP contribution is 2.02. The molecule has 5 nitrogen and oxygen atoms in total. The SMILES string of the molecule is C#CCOCCOCCOCCNC(=O)c1ccc(C)cc1. The van der Waals surface area contributed by atoms with E-state index in [4.69, 9.17) is 20.6 Å². The molecule has 0 aliphatic heterocycles. The van der Waals surface area contributed by atoms with Crippen LogP contribution in [0.1, 0.15) is 15.9 Å². The minimum Gasteiger partial charge on any atom is -0.377 e. The Morgan fingerprint density at radius 1 is 1.05 bits per heavy atom. The third-order valence-electron chi connectivity index (χ3n) is 2.78. The maximum absolute atomic E-state index is 11.8. The fourth-order valence-corrected chi connectivity index (χ4v) is 1.61. The van der Waals surface area contributed by atoms with Crippen molar-refractivity contribution in [2.24, 2.45) is 0 Å². The lowest BCUT2D eigenvalue weighted by Gasteiger charge is -2.07. The average molecular weight is 305 g/mol. The van der Waals surface area contributed by atoms with Crippen LogP contribution in [0.5, 0.6) is 0 Å². The second-order valence-electron chi connectivity index (χ2n) is 4.60. The Balaban J connectivity index is 1.94. The summed E-state index contributed by atoms with van der Waals surface area (Å²) in [5.41, 5.74) is 1.78. The summed E-state index contributed by atoms with van der Waals surface area (Å²) >= 11 is 0. The van der Waals surface area contributed by atoms with Gasteiger partial charge in [-0.2, -0.15) is 0 Å². The molecule has 0 fully saturated rings. The van der Waals surface area contributed by atoms with Crippen LogP contribution in [0.25, 0.3) is 0 Å². The molecule has 0 radical (unpaired) electrons. The molecule has 0 saturated heterocycles. The fraction of sp³-hybridized carbons (Fsp3) is 0.471. The van der Waals surface area contributed by atoms with Gasteiger partial charge in [-0.25, -0.2) is 0 Å². The molecule has 22 heavy (non-hydrogen) atoms. The lowest BCUT2D eigenvalue weighted by molar-refractivity contribution is 0.0209. The van der Waals surface area contributed by atoms with Crippen molar-refractivity contribution in [2.45, 2.75) is 6.92 Å². The number of ether oxygens (including phenoxy) is 3.